The first-order valence-electron chi connectivity index (χ1n) is 11.3. The zero-order valence-electron chi connectivity index (χ0n) is 19.8. The molecule has 2 aliphatic heterocycles. The Morgan fingerprint density at radius 3 is 1.94 bits per heavy atom. The van der Waals surface area contributed by atoms with E-state index in [4.69, 9.17) is 15.2 Å². The predicted molar refractivity (Wildman–Crippen MR) is 117 cm³/mol. The number of carbonyl (C=O) groups excluding carboxylic acids is 3. The summed E-state index contributed by atoms with van der Waals surface area (Å²) in [5, 5.41) is 8.42. The molecule has 5 N–H and O–H groups in total. The standard InChI is InChI=1S/C22H40N4O5/c1-10-11(2)16(8-23)30-19(14(10)5)22(29)25-9-17-12(3)13(4)18(26-15(6)27)20(31-17)21(28)24-7/h10-14,16-20H,8-9,23H2,1-7H3,(H,24,28)(H,25,29)(H,26,27)/t10?,11?,12?,13?,14?,16-,17-,18?,19-,20-/m1/s1. The zero-order valence-corrected chi connectivity index (χ0v) is 19.8. The molecule has 10 atom stereocenters. The average molecular weight is 441 g/mol. The highest BCUT2D eigenvalue weighted by atomic mass is 16.5. The first-order valence-corrected chi connectivity index (χ1v) is 11.3. The Bertz CT molecular complexity index is 658. The summed E-state index contributed by atoms with van der Waals surface area (Å²) in [7, 11) is 1.54. The summed E-state index contributed by atoms with van der Waals surface area (Å²) in [6.07, 6.45) is -1.91. The van der Waals surface area contributed by atoms with Gasteiger partial charge in [0.05, 0.1) is 18.2 Å². The summed E-state index contributed by atoms with van der Waals surface area (Å²) in [6.45, 7) is 12.3. The predicted octanol–water partition coefficient (Wildman–Crippen LogP) is 0.0273. The Labute approximate surface area is 185 Å². The Kier molecular flexibility index (Phi) is 8.85. The van der Waals surface area contributed by atoms with Gasteiger partial charge in [0.1, 0.15) is 6.10 Å². The molecule has 178 valence electrons. The van der Waals surface area contributed by atoms with Gasteiger partial charge in [-0.3, -0.25) is 14.4 Å². The fraction of sp³-hybridized carbons (Fsp3) is 0.864. The van der Waals surface area contributed by atoms with E-state index in [0.717, 1.165) is 0 Å². The van der Waals surface area contributed by atoms with Gasteiger partial charge in [-0.25, -0.2) is 0 Å². The molecule has 2 rings (SSSR count). The van der Waals surface area contributed by atoms with E-state index in [2.05, 4.69) is 29.8 Å². The molecule has 2 saturated heterocycles. The minimum absolute atomic E-state index is 0.0125. The number of hydrogen-bond acceptors (Lipinski definition) is 6. The molecule has 31 heavy (non-hydrogen) atoms. The monoisotopic (exact) mass is 440 g/mol. The fourth-order valence-corrected chi connectivity index (χ4v) is 4.78. The van der Waals surface area contributed by atoms with Crippen LogP contribution in [0.15, 0.2) is 0 Å². The molecule has 0 aliphatic carbocycles. The number of likely N-dealkylation sites (N-methyl/N-ethyl adjacent to an activating group) is 1. The SMILES string of the molecule is CNC(=O)[C@@H]1O[C@H](CNC(=O)[C@@H]2O[C@H](CN)C(C)C(C)C2C)C(C)C(C)C1NC(C)=O. The van der Waals surface area contributed by atoms with Gasteiger partial charge in [-0.1, -0.05) is 34.6 Å². The summed E-state index contributed by atoms with van der Waals surface area (Å²) < 4.78 is 12.1. The van der Waals surface area contributed by atoms with Crippen molar-refractivity contribution in [3.63, 3.8) is 0 Å². The van der Waals surface area contributed by atoms with Crippen LogP contribution in [0.25, 0.3) is 0 Å². The molecule has 6 unspecified atom stereocenters. The number of amides is 3. The Morgan fingerprint density at radius 1 is 0.806 bits per heavy atom. The van der Waals surface area contributed by atoms with Crippen LogP contribution in [0.2, 0.25) is 0 Å². The normalized spacial score (nSPS) is 40.6. The number of carbonyl (C=O) groups is 3. The summed E-state index contributed by atoms with van der Waals surface area (Å²) >= 11 is 0. The minimum Gasteiger partial charge on any atom is -0.363 e. The van der Waals surface area contributed by atoms with Crippen LogP contribution in [-0.4, -0.2) is 68.3 Å². The molecule has 3 amide bonds. The lowest BCUT2D eigenvalue weighted by molar-refractivity contribution is -0.166. The maximum atomic E-state index is 13.0. The van der Waals surface area contributed by atoms with Crippen molar-refractivity contribution < 1.29 is 23.9 Å². The number of nitrogens with two attached hydrogens (primary N) is 1. The van der Waals surface area contributed by atoms with Crippen molar-refractivity contribution in [1.82, 2.24) is 16.0 Å². The summed E-state index contributed by atoms with van der Waals surface area (Å²) in [4.78, 5) is 37.0. The Hall–Kier alpha value is -1.71. The second-order valence-corrected chi connectivity index (χ2v) is 9.31. The van der Waals surface area contributed by atoms with Crippen LogP contribution in [-0.2, 0) is 23.9 Å². The molecule has 2 heterocycles. The lowest BCUT2D eigenvalue weighted by Gasteiger charge is -2.45. The van der Waals surface area contributed by atoms with E-state index in [-0.39, 0.29) is 60.1 Å². The van der Waals surface area contributed by atoms with Crippen LogP contribution in [0, 0.1) is 29.6 Å². The van der Waals surface area contributed by atoms with E-state index in [1.165, 1.54) is 14.0 Å². The number of nitrogens with one attached hydrogen (secondary N) is 3. The summed E-state index contributed by atoms with van der Waals surface area (Å²) in [5.41, 5.74) is 5.85. The highest BCUT2D eigenvalue weighted by molar-refractivity contribution is 5.83. The smallest absolute Gasteiger partial charge is 0.251 e. The second-order valence-electron chi connectivity index (χ2n) is 9.31. The lowest BCUT2D eigenvalue weighted by atomic mass is 9.76. The molecule has 2 fully saturated rings. The molecule has 0 aromatic rings. The molecule has 0 spiro atoms. The first-order chi connectivity index (χ1) is 14.5. The van der Waals surface area contributed by atoms with Crippen LogP contribution in [0.3, 0.4) is 0 Å². The average Bonchev–Trinajstić information content (AvgIpc) is 2.74. The van der Waals surface area contributed by atoms with Crippen molar-refractivity contribution in [3.05, 3.63) is 0 Å². The van der Waals surface area contributed by atoms with Gasteiger partial charge < -0.3 is 31.2 Å². The maximum Gasteiger partial charge on any atom is 0.251 e. The number of rotatable bonds is 6. The van der Waals surface area contributed by atoms with Crippen LogP contribution < -0.4 is 21.7 Å². The van der Waals surface area contributed by atoms with Gasteiger partial charge in [0.2, 0.25) is 11.8 Å². The van der Waals surface area contributed by atoms with Crippen LogP contribution in [0.1, 0.15) is 41.5 Å². The van der Waals surface area contributed by atoms with E-state index < -0.39 is 18.2 Å². The third kappa shape index (κ3) is 5.56. The topological polar surface area (TPSA) is 132 Å². The highest BCUT2D eigenvalue weighted by Crippen LogP contribution is 2.35. The van der Waals surface area contributed by atoms with E-state index in [1.807, 2.05) is 20.8 Å². The van der Waals surface area contributed by atoms with Gasteiger partial charge in [0, 0.05) is 27.1 Å². The van der Waals surface area contributed by atoms with Crippen LogP contribution in [0.4, 0.5) is 0 Å². The molecule has 0 radical (unpaired) electrons. The van der Waals surface area contributed by atoms with E-state index >= 15 is 0 Å². The molecular weight excluding hydrogens is 400 g/mol. The molecule has 0 aromatic carbocycles. The van der Waals surface area contributed by atoms with Gasteiger partial charge in [-0.15, -0.1) is 0 Å². The largest absolute Gasteiger partial charge is 0.363 e. The molecule has 9 nitrogen and oxygen atoms in total. The maximum absolute atomic E-state index is 13.0. The molecule has 0 bridgehead atoms. The summed E-state index contributed by atoms with van der Waals surface area (Å²) in [6, 6.07) is -0.436. The molecular formula is C22H40N4O5. The van der Waals surface area contributed by atoms with Gasteiger partial charge in [0.25, 0.3) is 5.91 Å². The van der Waals surface area contributed by atoms with E-state index in [1.54, 1.807) is 0 Å². The first kappa shape index (κ1) is 25.5. The van der Waals surface area contributed by atoms with E-state index in [9.17, 15) is 14.4 Å². The third-order valence-electron chi connectivity index (χ3n) is 7.52. The third-order valence-corrected chi connectivity index (χ3v) is 7.52. The fourth-order valence-electron chi connectivity index (χ4n) is 4.78. The highest BCUT2D eigenvalue weighted by Gasteiger charge is 2.46. The summed E-state index contributed by atoms with van der Waals surface area (Å²) in [5.74, 6) is -0.0590. The Balaban J connectivity index is 2.07. The minimum atomic E-state index is -0.825. The van der Waals surface area contributed by atoms with Crippen molar-refractivity contribution in [3.8, 4) is 0 Å². The zero-order chi connectivity index (χ0) is 23.5. The van der Waals surface area contributed by atoms with Crippen molar-refractivity contribution in [1.29, 1.82) is 0 Å². The van der Waals surface area contributed by atoms with E-state index in [0.29, 0.717) is 12.5 Å². The van der Waals surface area contributed by atoms with Crippen molar-refractivity contribution in [2.75, 3.05) is 20.1 Å². The quantitative estimate of drug-likeness (QED) is 0.461. The molecule has 0 aromatic heterocycles. The Morgan fingerprint density at radius 2 is 1.39 bits per heavy atom. The van der Waals surface area contributed by atoms with Gasteiger partial charge in [-0.2, -0.15) is 0 Å². The molecule has 2 aliphatic rings. The van der Waals surface area contributed by atoms with Gasteiger partial charge in [0.15, 0.2) is 6.10 Å². The molecule has 9 heteroatoms. The van der Waals surface area contributed by atoms with Crippen molar-refractivity contribution in [2.45, 2.75) is 72.0 Å². The van der Waals surface area contributed by atoms with Crippen molar-refractivity contribution >= 4 is 17.7 Å². The number of ether oxygens (including phenoxy) is 2. The lowest BCUT2D eigenvalue weighted by Crippen LogP contribution is -2.62. The van der Waals surface area contributed by atoms with Crippen molar-refractivity contribution in [2.24, 2.45) is 35.3 Å². The van der Waals surface area contributed by atoms with Crippen LogP contribution in [0.5, 0.6) is 0 Å². The number of hydrogen-bond donors (Lipinski definition) is 4. The van der Waals surface area contributed by atoms with Gasteiger partial charge in [-0.05, 0) is 29.6 Å². The van der Waals surface area contributed by atoms with Crippen LogP contribution >= 0.6 is 0 Å². The second kappa shape index (κ2) is 10.7. The molecule has 0 saturated carbocycles. The van der Waals surface area contributed by atoms with Gasteiger partial charge >= 0.3 is 0 Å².